The second-order valence-electron chi connectivity index (χ2n) is 4.94. The average Bonchev–Trinajstić information content (AvgIpc) is 2.72. The number of ether oxygens (including phenoxy) is 1. The summed E-state index contributed by atoms with van der Waals surface area (Å²) >= 11 is 1.77. The van der Waals surface area contributed by atoms with Crippen molar-refractivity contribution in [2.24, 2.45) is 0 Å². The van der Waals surface area contributed by atoms with Crippen LogP contribution < -0.4 is 10.1 Å². The molecule has 0 fully saturated rings. The molecule has 0 bridgehead atoms. The third kappa shape index (κ3) is 3.00. The molecule has 2 nitrogen and oxygen atoms in total. The van der Waals surface area contributed by atoms with Crippen molar-refractivity contribution in [2.45, 2.75) is 22.6 Å². The summed E-state index contributed by atoms with van der Waals surface area (Å²) < 4.78 is 5.58. The number of hydrogen-bond acceptors (Lipinski definition) is 3. The molecule has 0 saturated heterocycles. The van der Waals surface area contributed by atoms with Crippen LogP contribution in [-0.2, 0) is 12.8 Å². The first-order valence-electron chi connectivity index (χ1n) is 7.00. The lowest BCUT2D eigenvalue weighted by Gasteiger charge is -2.13. The average molecular weight is 285 g/mol. The standard InChI is InChI=1S/C17H19NOS/c1-19-16-11-13-7-9-18-10-8-14(13)12-17(16)20-15-5-3-2-4-6-15/h2-6,11-12,18H,7-10H2,1H3. The topological polar surface area (TPSA) is 21.3 Å². The Morgan fingerprint density at radius 3 is 2.40 bits per heavy atom. The molecule has 2 aromatic rings. The SMILES string of the molecule is COc1cc2c(cc1Sc1ccccc1)CCNCC2. The lowest BCUT2D eigenvalue weighted by atomic mass is 10.0. The molecule has 1 aliphatic heterocycles. The summed E-state index contributed by atoms with van der Waals surface area (Å²) in [4.78, 5) is 2.46. The van der Waals surface area contributed by atoms with E-state index < -0.39 is 0 Å². The van der Waals surface area contributed by atoms with Crippen LogP contribution in [0.2, 0.25) is 0 Å². The zero-order valence-corrected chi connectivity index (χ0v) is 12.5. The third-order valence-corrected chi connectivity index (χ3v) is 4.65. The molecule has 0 saturated carbocycles. The molecule has 0 amide bonds. The van der Waals surface area contributed by atoms with Crippen LogP contribution in [0.4, 0.5) is 0 Å². The maximum absolute atomic E-state index is 5.58. The van der Waals surface area contributed by atoms with E-state index in [2.05, 4.69) is 41.7 Å². The normalized spacial score (nSPS) is 14.4. The molecular weight excluding hydrogens is 266 g/mol. The highest BCUT2D eigenvalue weighted by molar-refractivity contribution is 7.99. The molecule has 0 unspecified atom stereocenters. The lowest BCUT2D eigenvalue weighted by molar-refractivity contribution is 0.404. The number of hydrogen-bond donors (Lipinski definition) is 1. The quantitative estimate of drug-likeness (QED) is 0.932. The number of benzene rings is 2. The summed E-state index contributed by atoms with van der Waals surface area (Å²) in [6.45, 7) is 2.12. The predicted molar refractivity (Wildman–Crippen MR) is 83.8 cm³/mol. The van der Waals surface area contributed by atoms with Crippen molar-refractivity contribution in [3.05, 3.63) is 53.6 Å². The summed E-state index contributed by atoms with van der Waals surface area (Å²) in [6.07, 6.45) is 2.18. The van der Waals surface area contributed by atoms with Gasteiger partial charge in [-0.3, -0.25) is 0 Å². The number of methoxy groups -OCH3 is 1. The van der Waals surface area contributed by atoms with Gasteiger partial charge in [0.2, 0.25) is 0 Å². The van der Waals surface area contributed by atoms with Crippen LogP contribution >= 0.6 is 11.8 Å². The van der Waals surface area contributed by atoms with Crippen LogP contribution in [0.15, 0.2) is 52.3 Å². The van der Waals surface area contributed by atoms with Gasteiger partial charge in [0.1, 0.15) is 5.75 Å². The van der Waals surface area contributed by atoms with Crippen molar-refractivity contribution in [2.75, 3.05) is 20.2 Å². The second-order valence-corrected chi connectivity index (χ2v) is 6.05. The van der Waals surface area contributed by atoms with E-state index in [9.17, 15) is 0 Å². The molecule has 1 heterocycles. The van der Waals surface area contributed by atoms with Crippen LogP contribution in [0.3, 0.4) is 0 Å². The molecular formula is C17H19NOS. The minimum Gasteiger partial charge on any atom is -0.496 e. The Hall–Kier alpha value is -1.45. The highest BCUT2D eigenvalue weighted by Crippen LogP contribution is 2.37. The van der Waals surface area contributed by atoms with Crippen molar-refractivity contribution in [3.63, 3.8) is 0 Å². The molecule has 0 radical (unpaired) electrons. The van der Waals surface area contributed by atoms with E-state index in [0.29, 0.717) is 0 Å². The zero-order valence-electron chi connectivity index (χ0n) is 11.7. The molecule has 0 aromatic heterocycles. The van der Waals surface area contributed by atoms with E-state index in [4.69, 9.17) is 4.74 Å². The Bertz CT molecular complexity index is 583. The fourth-order valence-corrected chi connectivity index (χ4v) is 3.53. The fourth-order valence-electron chi connectivity index (χ4n) is 2.54. The van der Waals surface area contributed by atoms with Crippen LogP contribution in [0, 0.1) is 0 Å². The summed E-state index contributed by atoms with van der Waals surface area (Å²) in [5, 5.41) is 3.45. The maximum Gasteiger partial charge on any atom is 0.133 e. The van der Waals surface area contributed by atoms with Gasteiger partial charge in [-0.2, -0.15) is 0 Å². The Morgan fingerprint density at radius 1 is 1.00 bits per heavy atom. The first kappa shape index (κ1) is 13.5. The Kier molecular flexibility index (Phi) is 4.28. The number of nitrogens with one attached hydrogen (secondary N) is 1. The molecule has 0 spiro atoms. The van der Waals surface area contributed by atoms with Crippen molar-refractivity contribution in [1.82, 2.24) is 5.32 Å². The van der Waals surface area contributed by atoms with Crippen LogP contribution in [0.1, 0.15) is 11.1 Å². The maximum atomic E-state index is 5.58. The zero-order chi connectivity index (χ0) is 13.8. The fraction of sp³-hybridized carbons (Fsp3) is 0.294. The van der Waals surface area contributed by atoms with Crippen LogP contribution in [-0.4, -0.2) is 20.2 Å². The van der Waals surface area contributed by atoms with Crippen molar-refractivity contribution in [3.8, 4) is 5.75 Å². The molecule has 3 heteroatoms. The summed E-state index contributed by atoms with van der Waals surface area (Å²) in [5.74, 6) is 0.986. The summed E-state index contributed by atoms with van der Waals surface area (Å²) in [7, 11) is 1.76. The highest BCUT2D eigenvalue weighted by Gasteiger charge is 2.13. The lowest BCUT2D eigenvalue weighted by Crippen LogP contribution is -2.16. The van der Waals surface area contributed by atoms with Crippen molar-refractivity contribution in [1.29, 1.82) is 0 Å². The smallest absolute Gasteiger partial charge is 0.133 e. The van der Waals surface area contributed by atoms with E-state index in [1.54, 1.807) is 18.9 Å². The van der Waals surface area contributed by atoms with E-state index >= 15 is 0 Å². The van der Waals surface area contributed by atoms with E-state index in [1.807, 2.05) is 6.07 Å². The van der Waals surface area contributed by atoms with Gasteiger partial charge in [0.05, 0.1) is 12.0 Å². The van der Waals surface area contributed by atoms with E-state index in [1.165, 1.54) is 20.9 Å². The van der Waals surface area contributed by atoms with Gasteiger partial charge in [0.25, 0.3) is 0 Å². The minimum absolute atomic E-state index is 0.986. The van der Waals surface area contributed by atoms with Gasteiger partial charge in [-0.05, 0) is 61.3 Å². The molecule has 0 atom stereocenters. The third-order valence-electron chi connectivity index (χ3n) is 3.60. The summed E-state index contributed by atoms with van der Waals surface area (Å²) in [5.41, 5.74) is 2.87. The van der Waals surface area contributed by atoms with Gasteiger partial charge in [-0.25, -0.2) is 0 Å². The van der Waals surface area contributed by atoms with Gasteiger partial charge >= 0.3 is 0 Å². The van der Waals surface area contributed by atoms with Gasteiger partial charge in [-0.15, -0.1) is 0 Å². The van der Waals surface area contributed by atoms with Gasteiger partial charge in [0, 0.05) is 4.90 Å². The van der Waals surface area contributed by atoms with E-state index in [-0.39, 0.29) is 0 Å². The number of fused-ring (bicyclic) bond motifs is 1. The Labute approximate surface area is 124 Å². The molecule has 20 heavy (non-hydrogen) atoms. The summed E-state index contributed by atoms with van der Waals surface area (Å²) in [6, 6.07) is 15.0. The molecule has 0 aliphatic carbocycles. The monoisotopic (exact) mass is 285 g/mol. The highest BCUT2D eigenvalue weighted by atomic mass is 32.2. The number of rotatable bonds is 3. The molecule has 104 valence electrons. The van der Waals surface area contributed by atoms with Crippen molar-refractivity contribution >= 4 is 11.8 Å². The molecule has 3 rings (SSSR count). The first-order valence-corrected chi connectivity index (χ1v) is 7.82. The second kappa shape index (κ2) is 6.33. The van der Waals surface area contributed by atoms with Crippen molar-refractivity contribution < 1.29 is 4.74 Å². The molecule has 1 aliphatic rings. The largest absolute Gasteiger partial charge is 0.496 e. The Balaban J connectivity index is 1.95. The Morgan fingerprint density at radius 2 is 1.70 bits per heavy atom. The molecule has 1 N–H and O–H groups in total. The van der Waals surface area contributed by atoms with Gasteiger partial charge in [-0.1, -0.05) is 30.0 Å². The van der Waals surface area contributed by atoms with Gasteiger partial charge in [0.15, 0.2) is 0 Å². The van der Waals surface area contributed by atoms with Crippen LogP contribution in [0.5, 0.6) is 5.75 Å². The molecule has 2 aromatic carbocycles. The van der Waals surface area contributed by atoms with Crippen LogP contribution in [0.25, 0.3) is 0 Å². The van der Waals surface area contributed by atoms with Gasteiger partial charge < -0.3 is 10.1 Å². The predicted octanol–water partition coefficient (Wildman–Crippen LogP) is 3.53. The minimum atomic E-state index is 0.986. The first-order chi connectivity index (χ1) is 9.86. The van der Waals surface area contributed by atoms with E-state index in [0.717, 1.165) is 31.7 Å².